The summed E-state index contributed by atoms with van der Waals surface area (Å²) in [5, 5.41) is 24.7. The average Bonchev–Trinajstić information content (AvgIpc) is 3.61. The van der Waals surface area contributed by atoms with Crippen LogP contribution in [0.3, 0.4) is 0 Å². The van der Waals surface area contributed by atoms with Crippen molar-refractivity contribution in [3.05, 3.63) is 34.4 Å². The van der Waals surface area contributed by atoms with E-state index < -0.39 is 75.7 Å². The highest BCUT2D eigenvalue weighted by Gasteiger charge is 2.88. The molecule has 2 N–H and O–H groups in total. The second-order valence-corrected chi connectivity index (χ2v) is 14.2. The molecule has 7 fully saturated rings. The van der Waals surface area contributed by atoms with E-state index >= 15 is 0 Å². The summed E-state index contributed by atoms with van der Waals surface area (Å²) < 4.78 is 36.1. The van der Waals surface area contributed by atoms with E-state index in [1.165, 1.54) is 19.4 Å². The molecule has 8 rings (SSSR count). The van der Waals surface area contributed by atoms with Crippen LogP contribution in [0.4, 0.5) is 0 Å². The van der Waals surface area contributed by atoms with E-state index in [1.54, 1.807) is 13.0 Å². The third-order valence-electron chi connectivity index (χ3n) is 12.6. The lowest BCUT2D eigenvalue weighted by Gasteiger charge is -2.63. The molecule has 2 bridgehead atoms. The Kier molecular flexibility index (Phi) is 5.50. The summed E-state index contributed by atoms with van der Waals surface area (Å²) in [6, 6.07) is 2.95. The molecule has 7 aliphatic rings. The van der Waals surface area contributed by atoms with Crippen LogP contribution in [0.25, 0.3) is 0 Å². The van der Waals surface area contributed by atoms with Crippen LogP contribution in [0, 0.1) is 22.7 Å². The van der Waals surface area contributed by atoms with Crippen LogP contribution in [0.15, 0.2) is 27.6 Å². The Balaban J connectivity index is 1.19. The lowest BCUT2D eigenvalue weighted by atomic mass is 9.41. The van der Waals surface area contributed by atoms with Crippen LogP contribution in [0.1, 0.15) is 70.8 Å². The van der Waals surface area contributed by atoms with Crippen LogP contribution in [-0.2, 0) is 33.3 Å². The number of rotatable bonds is 2. The maximum Gasteiger partial charge on any atom is 0.335 e. The first-order valence-electron chi connectivity index (χ1n) is 15.1. The SMILES string of the molecule is CO[C@@]12C[C@H](C)O[C@@H](O[C@@H]3C[C@@H]4C[C@@H]5O[C@]56[C@H]([C@H](O)C(=O)[C@]5(C)[C@@H](c7ccc(=O)oc7)CC[C@]65O)[C@@]4(C)C[C@H]3O1)C2=O. The van der Waals surface area contributed by atoms with Gasteiger partial charge in [0.2, 0.25) is 17.9 Å². The maximum absolute atomic E-state index is 14.4. The molecule has 0 unspecified atom stereocenters. The van der Waals surface area contributed by atoms with Crippen molar-refractivity contribution in [1.29, 1.82) is 0 Å². The largest absolute Gasteiger partial charge is 0.431 e. The van der Waals surface area contributed by atoms with Gasteiger partial charge >= 0.3 is 5.63 Å². The molecule has 14 atom stereocenters. The minimum atomic E-state index is -1.54. The zero-order chi connectivity index (χ0) is 29.6. The molecule has 11 heteroatoms. The van der Waals surface area contributed by atoms with Crippen LogP contribution in [0.2, 0.25) is 0 Å². The van der Waals surface area contributed by atoms with Gasteiger partial charge in [-0.05, 0) is 68.9 Å². The molecule has 0 radical (unpaired) electrons. The summed E-state index contributed by atoms with van der Waals surface area (Å²) in [7, 11) is 1.45. The number of Topliss-reactive ketones (excluding diaryl/α,β-unsaturated/α-hetero) is 2. The third kappa shape index (κ3) is 3.03. The average molecular weight is 587 g/mol. The zero-order valence-electron chi connectivity index (χ0n) is 24.2. The minimum Gasteiger partial charge on any atom is -0.431 e. The van der Waals surface area contributed by atoms with Gasteiger partial charge in [0.05, 0.1) is 36.1 Å². The highest BCUT2D eigenvalue weighted by atomic mass is 16.8. The van der Waals surface area contributed by atoms with Gasteiger partial charge in [0.25, 0.3) is 0 Å². The van der Waals surface area contributed by atoms with Crippen LogP contribution in [0.5, 0.6) is 0 Å². The number of aliphatic hydroxyl groups excluding tert-OH is 1. The lowest BCUT2D eigenvalue weighted by molar-refractivity contribution is -0.275. The second-order valence-electron chi connectivity index (χ2n) is 14.2. The molecule has 4 saturated carbocycles. The summed E-state index contributed by atoms with van der Waals surface area (Å²) in [4.78, 5) is 39.4. The number of epoxide rings is 1. The van der Waals surface area contributed by atoms with Gasteiger partial charge in [-0.3, -0.25) is 9.59 Å². The summed E-state index contributed by atoms with van der Waals surface area (Å²) in [5.41, 5.74) is -4.54. The van der Waals surface area contributed by atoms with Crippen molar-refractivity contribution < 1.29 is 47.9 Å². The van der Waals surface area contributed by atoms with Gasteiger partial charge in [0.15, 0.2) is 5.78 Å². The monoisotopic (exact) mass is 586 g/mol. The number of hydrogen-bond donors (Lipinski definition) is 2. The number of carbonyl (C=O) groups excluding carboxylic acids is 2. The van der Waals surface area contributed by atoms with Gasteiger partial charge in [0.1, 0.15) is 17.3 Å². The van der Waals surface area contributed by atoms with Crippen molar-refractivity contribution in [2.45, 2.75) is 119 Å². The number of aliphatic hydroxyl groups is 2. The van der Waals surface area contributed by atoms with E-state index in [9.17, 15) is 24.6 Å². The van der Waals surface area contributed by atoms with Gasteiger partial charge in [0, 0.05) is 31.4 Å². The van der Waals surface area contributed by atoms with Crippen LogP contribution >= 0.6 is 0 Å². The van der Waals surface area contributed by atoms with Crippen molar-refractivity contribution in [2.75, 3.05) is 7.11 Å². The summed E-state index contributed by atoms with van der Waals surface area (Å²) in [6.07, 6.45) is -0.247. The van der Waals surface area contributed by atoms with Crippen LogP contribution in [-0.4, -0.2) is 82.7 Å². The van der Waals surface area contributed by atoms with E-state index in [0.29, 0.717) is 37.7 Å². The number of carbonyl (C=O) groups is 2. The molecule has 1 aromatic heterocycles. The number of fused-ring (bicyclic) bond motifs is 6. The van der Waals surface area contributed by atoms with Gasteiger partial charge in [-0.2, -0.15) is 0 Å². The summed E-state index contributed by atoms with van der Waals surface area (Å²) in [5.74, 6) is -3.48. The first-order valence-corrected chi connectivity index (χ1v) is 15.1. The Hall–Kier alpha value is -1.99. The molecule has 0 amide bonds. The molecule has 1 aromatic rings. The van der Waals surface area contributed by atoms with Gasteiger partial charge in [-0.1, -0.05) is 6.92 Å². The lowest BCUT2D eigenvalue weighted by Crippen LogP contribution is -2.76. The van der Waals surface area contributed by atoms with E-state index in [4.69, 9.17) is 28.1 Å². The van der Waals surface area contributed by atoms with Gasteiger partial charge in [-0.25, -0.2) is 4.79 Å². The van der Waals surface area contributed by atoms with Crippen molar-refractivity contribution in [2.24, 2.45) is 22.7 Å². The molecular weight excluding hydrogens is 548 g/mol. The van der Waals surface area contributed by atoms with Crippen molar-refractivity contribution in [3.8, 4) is 0 Å². The Bertz CT molecular complexity index is 1400. The van der Waals surface area contributed by atoms with Gasteiger partial charge in [-0.15, -0.1) is 0 Å². The van der Waals surface area contributed by atoms with E-state index in [-0.39, 0.29) is 30.3 Å². The molecule has 3 aliphatic heterocycles. The molecule has 0 aromatic carbocycles. The maximum atomic E-state index is 14.4. The smallest absolute Gasteiger partial charge is 0.335 e. The number of hydrogen-bond acceptors (Lipinski definition) is 11. The predicted octanol–water partition coefficient (Wildman–Crippen LogP) is 1.60. The highest BCUT2D eigenvalue weighted by molar-refractivity contribution is 5.94. The summed E-state index contributed by atoms with van der Waals surface area (Å²) >= 11 is 0. The number of ether oxygens (including phenoxy) is 5. The Morgan fingerprint density at radius 3 is 2.50 bits per heavy atom. The predicted molar refractivity (Wildman–Crippen MR) is 141 cm³/mol. The Morgan fingerprint density at radius 1 is 1.00 bits per heavy atom. The molecular formula is C31H38O11. The van der Waals surface area contributed by atoms with Crippen LogP contribution < -0.4 is 5.63 Å². The second kappa shape index (κ2) is 8.38. The van der Waals surface area contributed by atoms with Crippen molar-refractivity contribution in [3.63, 3.8) is 0 Å². The molecule has 228 valence electrons. The Labute approximate surface area is 242 Å². The third-order valence-corrected chi connectivity index (χ3v) is 12.6. The Morgan fingerprint density at radius 2 is 1.79 bits per heavy atom. The number of methoxy groups -OCH3 is 1. The fourth-order valence-electron chi connectivity index (χ4n) is 10.6. The molecule has 11 nitrogen and oxygen atoms in total. The minimum absolute atomic E-state index is 0.0204. The first-order chi connectivity index (χ1) is 19.8. The topological polar surface area (TPSA) is 154 Å². The zero-order valence-corrected chi connectivity index (χ0v) is 24.2. The first kappa shape index (κ1) is 27.6. The van der Waals surface area contributed by atoms with E-state index in [0.717, 1.165) is 0 Å². The molecule has 42 heavy (non-hydrogen) atoms. The fraction of sp³-hybridized carbons (Fsp3) is 0.774. The standard InChI is InChI=1S/C31H38O11/c1-14-11-29(37-4)25(35)26(39-14)40-18-9-16-10-20-31(42-20)23(27(16,2)12-19(18)41-29)22(33)24(34)28(3)17(7-8-30(28,31)36)15-5-6-21(32)38-13-15/h5-6,13-14,16-20,22-23,26,33,36H,7-12H2,1-4H3/t14-,16+,17+,18+,19+,20-,22-,23+,26-,27-,28-,29-,30+,31-/m0/s1. The molecule has 4 aliphatic carbocycles. The van der Waals surface area contributed by atoms with Crippen molar-refractivity contribution in [1.82, 2.24) is 0 Å². The summed E-state index contributed by atoms with van der Waals surface area (Å²) in [6.45, 7) is 5.64. The highest BCUT2D eigenvalue weighted by Crippen LogP contribution is 2.77. The molecule has 3 saturated heterocycles. The molecule has 1 spiro atoms. The van der Waals surface area contributed by atoms with E-state index in [1.807, 2.05) is 6.92 Å². The molecule has 4 heterocycles. The normalized spacial score (nSPS) is 55.9. The van der Waals surface area contributed by atoms with Crippen molar-refractivity contribution >= 4 is 11.6 Å². The number of ketones is 2. The van der Waals surface area contributed by atoms with E-state index in [2.05, 4.69) is 6.92 Å². The van der Waals surface area contributed by atoms with Gasteiger partial charge < -0.3 is 38.3 Å². The quantitative estimate of drug-likeness (QED) is 0.384. The fourth-order valence-corrected chi connectivity index (χ4v) is 10.6.